The van der Waals surface area contributed by atoms with Crippen molar-refractivity contribution in [3.63, 3.8) is 0 Å². The van der Waals surface area contributed by atoms with Gasteiger partial charge in [0.1, 0.15) is 5.75 Å². The number of amides is 2. The number of hydrogen-bond acceptors (Lipinski definition) is 5. The molecule has 2 aromatic rings. The fourth-order valence-electron chi connectivity index (χ4n) is 3.58. The molecule has 0 bridgehead atoms. The number of hydrazone groups is 1. The summed E-state index contributed by atoms with van der Waals surface area (Å²) < 4.78 is 5.27. The monoisotopic (exact) mass is 505 g/mol. The second-order valence-electron chi connectivity index (χ2n) is 8.88. The predicted molar refractivity (Wildman–Crippen MR) is 148 cm³/mol. The van der Waals surface area contributed by atoms with Crippen LogP contribution in [-0.2, 0) is 14.4 Å². The van der Waals surface area contributed by atoms with Crippen LogP contribution in [0, 0.1) is 0 Å². The minimum Gasteiger partial charge on any atom is -0.423 e. The van der Waals surface area contributed by atoms with E-state index in [1.54, 1.807) is 30.3 Å². The molecule has 0 atom stereocenters. The first-order valence-corrected chi connectivity index (χ1v) is 13.2. The number of unbranched alkanes of at least 4 members (excludes halogenated alkanes) is 8. The normalized spacial score (nSPS) is 11.1. The van der Waals surface area contributed by atoms with Gasteiger partial charge in [0.2, 0.25) is 5.91 Å². The maximum absolute atomic E-state index is 12.0. The molecule has 0 saturated carbocycles. The average molecular weight is 506 g/mol. The van der Waals surface area contributed by atoms with Crippen LogP contribution in [0.2, 0.25) is 0 Å². The van der Waals surface area contributed by atoms with Gasteiger partial charge in [-0.1, -0.05) is 88.6 Å². The van der Waals surface area contributed by atoms with E-state index >= 15 is 0 Å². The maximum Gasteiger partial charge on any atom is 0.336 e. The van der Waals surface area contributed by atoms with E-state index in [0.29, 0.717) is 17.7 Å². The lowest BCUT2D eigenvalue weighted by atomic mass is 10.1. The lowest BCUT2D eigenvalue weighted by Gasteiger charge is -2.05. The molecular formula is C30H39N3O4. The topological polar surface area (TPSA) is 96.9 Å². The molecule has 2 rings (SSSR count). The first kappa shape index (κ1) is 29.5. The van der Waals surface area contributed by atoms with Gasteiger partial charge in [0.25, 0.3) is 5.91 Å². The van der Waals surface area contributed by atoms with Gasteiger partial charge in [-0.15, -0.1) is 0 Å². The summed E-state index contributed by atoms with van der Waals surface area (Å²) in [7, 11) is 0. The zero-order valence-corrected chi connectivity index (χ0v) is 21.8. The Morgan fingerprint density at radius 3 is 2.11 bits per heavy atom. The van der Waals surface area contributed by atoms with Crippen LogP contribution in [0.1, 0.15) is 82.3 Å². The molecule has 7 nitrogen and oxygen atoms in total. The van der Waals surface area contributed by atoms with Crippen LogP contribution < -0.4 is 15.5 Å². The summed E-state index contributed by atoms with van der Waals surface area (Å²) >= 11 is 0. The minimum atomic E-state index is -0.475. The number of esters is 1. The van der Waals surface area contributed by atoms with Crippen molar-refractivity contribution < 1.29 is 19.1 Å². The fraction of sp³-hybridized carbons (Fsp3) is 0.400. The van der Waals surface area contributed by atoms with Crippen molar-refractivity contribution in [2.75, 3.05) is 6.54 Å². The van der Waals surface area contributed by atoms with Crippen LogP contribution in [-0.4, -0.2) is 30.5 Å². The van der Waals surface area contributed by atoms with Crippen molar-refractivity contribution in [3.8, 4) is 5.75 Å². The Kier molecular flexibility index (Phi) is 14.8. The molecule has 198 valence electrons. The summed E-state index contributed by atoms with van der Waals surface area (Å²) in [5, 5.41) is 6.52. The van der Waals surface area contributed by atoms with Crippen molar-refractivity contribution in [1.82, 2.24) is 10.7 Å². The van der Waals surface area contributed by atoms with E-state index < -0.39 is 11.9 Å². The van der Waals surface area contributed by atoms with Gasteiger partial charge in [0.05, 0.1) is 12.8 Å². The van der Waals surface area contributed by atoms with E-state index in [-0.39, 0.29) is 12.5 Å². The molecule has 0 fully saturated rings. The first-order chi connectivity index (χ1) is 18.1. The van der Waals surface area contributed by atoms with Gasteiger partial charge in [-0.2, -0.15) is 5.10 Å². The number of nitrogens with one attached hydrogen (secondary N) is 2. The van der Waals surface area contributed by atoms with Crippen LogP contribution in [0.3, 0.4) is 0 Å². The highest BCUT2D eigenvalue weighted by Crippen LogP contribution is 2.12. The van der Waals surface area contributed by atoms with Gasteiger partial charge < -0.3 is 10.1 Å². The summed E-state index contributed by atoms with van der Waals surface area (Å²) in [6.45, 7) is 2.11. The molecular weight excluding hydrogens is 466 g/mol. The molecule has 0 aliphatic heterocycles. The second-order valence-corrected chi connectivity index (χ2v) is 8.88. The fourth-order valence-corrected chi connectivity index (χ4v) is 3.58. The number of rotatable bonds is 17. The Hall–Kier alpha value is -3.74. The Balaban J connectivity index is 1.56. The van der Waals surface area contributed by atoms with Gasteiger partial charge in [0, 0.05) is 12.5 Å². The summed E-state index contributed by atoms with van der Waals surface area (Å²) in [6.07, 6.45) is 15.7. The lowest BCUT2D eigenvalue weighted by Crippen LogP contribution is -2.34. The number of carbonyl (C=O) groups is 3. The van der Waals surface area contributed by atoms with E-state index in [2.05, 4.69) is 22.8 Å². The van der Waals surface area contributed by atoms with Gasteiger partial charge in [-0.3, -0.25) is 9.59 Å². The third-order valence-electron chi connectivity index (χ3n) is 5.67. The molecule has 0 aromatic heterocycles. The third-order valence-corrected chi connectivity index (χ3v) is 5.67. The molecule has 0 radical (unpaired) electrons. The smallest absolute Gasteiger partial charge is 0.336 e. The van der Waals surface area contributed by atoms with E-state index in [0.717, 1.165) is 24.8 Å². The number of ether oxygens (including phenoxy) is 1. The quantitative estimate of drug-likeness (QED) is 0.0710. The molecule has 0 saturated heterocycles. The van der Waals surface area contributed by atoms with E-state index in [1.165, 1.54) is 50.8 Å². The standard InChI is InChI=1S/C30H39N3O4/c1-2-3-4-5-6-7-8-9-13-16-28(34)31-24-29(35)33-32-23-26-17-20-27(21-18-26)37-30(36)22-19-25-14-11-10-12-15-25/h10-12,14-15,17-23H,2-9,13,16,24H2,1H3,(H,31,34)(H,33,35). The molecule has 37 heavy (non-hydrogen) atoms. The van der Waals surface area contributed by atoms with Crippen LogP contribution >= 0.6 is 0 Å². The zero-order chi connectivity index (χ0) is 26.6. The van der Waals surface area contributed by atoms with Crippen molar-refractivity contribution in [2.45, 2.75) is 71.1 Å². The highest BCUT2D eigenvalue weighted by atomic mass is 16.5. The van der Waals surface area contributed by atoms with Crippen LogP contribution in [0.5, 0.6) is 5.75 Å². The number of hydrogen-bond donors (Lipinski definition) is 2. The molecule has 0 aliphatic carbocycles. The number of benzene rings is 2. The lowest BCUT2D eigenvalue weighted by molar-refractivity contribution is -0.129. The van der Waals surface area contributed by atoms with E-state index in [9.17, 15) is 14.4 Å². The molecule has 2 aromatic carbocycles. The van der Waals surface area contributed by atoms with Crippen LogP contribution in [0.25, 0.3) is 6.08 Å². The summed E-state index contributed by atoms with van der Waals surface area (Å²) in [5.41, 5.74) is 4.02. The summed E-state index contributed by atoms with van der Waals surface area (Å²) in [4.78, 5) is 35.8. The average Bonchev–Trinajstić information content (AvgIpc) is 2.91. The largest absolute Gasteiger partial charge is 0.423 e. The van der Waals surface area contributed by atoms with Crippen LogP contribution in [0.4, 0.5) is 0 Å². The highest BCUT2D eigenvalue weighted by Gasteiger charge is 2.05. The van der Waals surface area contributed by atoms with Crippen molar-refractivity contribution in [1.29, 1.82) is 0 Å². The molecule has 0 spiro atoms. The molecule has 0 heterocycles. The van der Waals surface area contributed by atoms with Gasteiger partial charge in [-0.05, 0) is 47.9 Å². The summed E-state index contributed by atoms with van der Waals surface area (Å²) in [5.74, 6) is -0.589. The Morgan fingerprint density at radius 1 is 0.784 bits per heavy atom. The molecule has 0 aliphatic rings. The number of carbonyl (C=O) groups excluding carboxylic acids is 3. The van der Waals surface area contributed by atoms with Gasteiger partial charge >= 0.3 is 5.97 Å². The van der Waals surface area contributed by atoms with Crippen LogP contribution in [0.15, 0.2) is 65.8 Å². The SMILES string of the molecule is CCCCCCCCCCCC(=O)NCC(=O)NN=Cc1ccc(OC(=O)C=Cc2ccccc2)cc1. The van der Waals surface area contributed by atoms with Gasteiger partial charge in [0.15, 0.2) is 0 Å². The van der Waals surface area contributed by atoms with Crippen molar-refractivity contribution in [3.05, 3.63) is 71.8 Å². The van der Waals surface area contributed by atoms with Gasteiger partial charge in [-0.25, -0.2) is 10.2 Å². The third kappa shape index (κ3) is 14.4. The molecule has 2 amide bonds. The van der Waals surface area contributed by atoms with Crippen molar-refractivity contribution in [2.24, 2.45) is 5.10 Å². The Bertz CT molecular complexity index is 1000. The minimum absolute atomic E-state index is 0.112. The summed E-state index contributed by atoms with van der Waals surface area (Å²) in [6, 6.07) is 16.2. The first-order valence-electron chi connectivity index (χ1n) is 13.2. The predicted octanol–water partition coefficient (Wildman–Crippen LogP) is 5.79. The molecule has 0 unspecified atom stereocenters. The van der Waals surface area contributed by atoms with Crippen molar-refractivity contribution >= 4 is 30.1 Å². The Labute approximate surface area is 220 Å². The number of nitrogens with zero attached hydrogens (tertiary/aromatic N) is 1. The second kappa shape index (κ2) is 18.5. The highest BCUT2D eigenvalue weighted by molar-refractivity contribution is 5.89. The Morgan fingerprint density at radius 2 is 1.43 bits per heavy atom. The zero-order valence-electron chi connectivity index (χ0n) is 21.8. The maximum atomic E-state index is 12.0. The molecule has 7 heteroatoms. The molecule has 2 N–H and O–H groups in total. The van der Waals surface area contributed by atoms with E-state index in [4.69, 9.17) is 4.74 Å². The van der Waals surface area contributed by atoms with E-state index in [1.807, 2.05) is 30.3 Å².